The van der Waals surface area contributed by atoms with E-state index in [4.69, 9.17) is 4.74 Å². The maximum Gasteiger partial charge on any atom is 0.271 e. The Morgan fingerprint density at radius 3 is 2.62 bits per heavy atom. The Morgan fingerprint density at radius 2 is 1.93 bits per heavy atom. The molecule has 3 aromatic rings. The number of aliphatic hydroxyl groups excluding tert-OH is 1. The predicted molar refractivity (Wildman–Crippen MR) is 158 cm³/mol. The molecule has 1 fully saturated rings. The molecule has 1 aromatic carbocycles. The number of carbonyl (C=O) groups excluding carboxylic acids is 2. The first-order valence-corrected chi connectivity index (χ1v) is 15.4. The second-order valence-corrected chi connectivity index (χ2v) is 13.1. The number of ether oxygens (including phenoxy) is 1. The molecule has 3 aliphatic heterocycles. The molecular weight excluding hydrogens is 522 g/mol. The standard InChI is InChI=1S/C32H39N3O4S/c1-32(2,3)35-14-6-5-10-22-27(26-11-8-16-40-26)28-23-18-24(30(37)33-13-7-9-21(33)19-36)25(39-4)17-20(23)12-15-34(28)29(22)31(35)38/h8,11,16-18,21,36H,5-7,9-10,12-15,19H2,1-4H3/t21-/m0/s1. The summed E-state index contributed by atoms with van der Waals surface area (Å²) in [6.07, 6.45) is 5.29. The SMILES string of the molecule is COc1cc2c(cc1C(=O)N1CCC[C@H]1CO)-c1c(-c3cccs3)c3c(n1CC2)C(=O)N(C(C)(C)C)CCCC3. The molecule has 6 rings (SSSR count). The molecule has 0 spiro atoms. The van der Waals surface area contributed by atoms with Gasteiger partial charge in [0.25, 0.3) is 11.8 Å². The molecule has 5 heterocycles. The zero-order valence-electron chi connectivity index (χ0n) is 24.0. The van der Waals surface area contributed by atoms with Gasteiger partial charge in [0.15, 0.2) is 0 Å². The van der Waals surface area contributed by atoms with Crippen molar-refractivity contribution in [2.75, 3.05) is 26.8 Å². The summed E-state index contributed by atoms with van der Waals surface area (Å²) in [5.74, 6) is 0.562. The Kier molecular flexibility index (Phi) is 7.03. The number of likely N-dealkylation sites (tertiary alicyclic amines) is 1. The zero-order valence-corrected chi connectivity index (χ0v) is 24.8. The Morgan fingerprint density at radius 1 is 1.10 bits per heavy atom. The summed E-state index contributed by atoms with van der Waals surface area (Å²) < 4.78 is 8.00. The number of fused-ring (bicyclic) bond motifs is 5. The maximum atomic E-state index is 14.3. The monoisotopic (exact) mass is 561 g/mol. The first-order valence-electron chi connectivity index (χ1n) is 14.5. The van der Waals surface area contributed by atoms with Gasteiger partial charge in [-0.15, -0.1) is 11.3 Å². The van der Waals surface area contributed by atoms with Crippen LogP contribution in [0.4, 0.5) is 0 Å². The predicted octanol–water partition coefficient (Wildman–Crippen LogP) is 5.62. The molecule has 0 saturated carbocycles. The van der Waals surface area contributed by atoms with Gasteiger partial charge < -0.3 is 24.2 Å². The van der Waals surface area contributed by atoms with E-state index in [0.717, 1.165) is 83.6 Å². The number of nitrogens with zero attached hydrogens (tertiary/aromatic N) is 3. The summed E-state index contributed by atoms with van der Waals surface area (Å²) in [7, 11) is 1.61. The summed E-state index contributed by atoms with van der Waals surface area (Å²) in [4.78, 5) is 33.2. The van der Waals surface area contributed by atoms with Crippen LogP contribution in [0.2, 0.25) is 0 Å². The number of carbonyl (C=O) groups is 2. The van der Waals surface area contributed by atoms with Gasteiger partial charge in [-0.05, 0) is 94.0 Å². The van der Waals surface area contributed by atoms with Crippen LogP contribution in [0.15, 0.2) is 29.6 Å². The fourth-order valence-corrected chi connectivity index (χ4v) is 7.65. The molecule has 1 N–H and O–H groups in total. The second-order valence-electron chi connectivity index (χ2n) is 12.2. The van der Waals surface area contributed by atoms with Gasteiger partial charge in [-0.25, -0.2) is 0 Å². The van der Waals surface area contributed by atoms with E-state index in [9.17, 15) is 14.7 Å². The zero-order chi connectivity index (χ0) is 28.2. The van der Waals surface area contributed by atoms with Crippen LogP contribution in [0.1, 0.15) is 78.4 Å². The summed E-state index contributed by atoms with van der Waals surface area (Å²) in [6.45, 7) is 8.40. The Balaban J connectivity index is 1.59. The maximum absolute atomic E-state index is 14.3. The van der Waals surface area contributed by atoms with Crippen molar-refractivity contribution in [3.8, 4) is 27.4 Å². The number of aliphatic hydroxyl groups is 1. The number of methoxy groups -OCH3 is 1. The third-order valence-electron chi connectivity index (χ3n) is 8.81. The van der Waals surface area contributed by atoms with Gasteiger partial charge in [-0.1, -0.05) is 6.07 Å². The fraction of sp³-hybridized carbons (Fsp3) is 0.500. The lowest BCUT2D eigenvalue weighted by Crippen LogP contribution is -2.47. The molecule has 8 heteroatoms. The van der Waals surface area contributed by atoms with Crippen molar-refractivity contribution in [2.45, 2.75) is 77.4 Å². The van der Waals surface area contributed by atoms with Crippen LogP contribution >= 0.6 is 11.3 Å². The summed E-state index contributed by atoms with van der Waals surface area (Å²) in [5, 5.41) is 12.0. The molecule has 1 saturated heterocycles. The van der Waals surface area contributed by atoms with Crippen LogP contribution in [-0.4, -0.2) is 69.7 Å². The molecule has 0 aliphatic carbocycles. The van der Waals surface area contributed by atoms with Crippen LogP contribution in [0, 0.1) is 0 Å². The number of aromatic nitrogens is 1. The van der Waals surface area contributed by atoms with Gasteiger partial charge in [0, 0.05) is 41.2 Å². The van der Waals surface area contributed by atoms with Crippen molar-refractivity contribution in [1.29, 1.82) is 0 Å². The highest BCUT2D eigenvalue weighted by atomic mass is 32.1. The largest absolute Gasteiger partial charge is 0.496 e. The van der Waals surface area contributed by atoms with E-state index in [1.165, 1.54) is 0 Å². The summed E-state index contributed by atoms with van der Waals surface area (Å²) >= 11 is 1.70. The minimum Gasteiger partial charge on any atom is -0.496 e. The van der Waals surface area contributed by atoms with E-state index in [1.54, 1.807) is 23.3 Å². The first kappa shape index (κ1) is 27.1. The lowest BCUT2D eigenvalue weighted by molar-refractivity contribution is 0.0558. The molecule has 2 aromatic heterocycles. The first-order chi connectivity index (χ1) is 19.2. The van der Waals surface area contributed by atoms with Crippen molar-refractivity contribution >= 4 is 23.2 Å². The number of thiophene rings is 1. The average molecular weight is 562 g/mol. The Labute approximate surface area is 240 Å². The number of amides is 2. The molecule has 40 heavy (non-hydrogen) atoms. The van der Waals surface area contributed by atoms with Gasteiger partial charge in [0.2, 0.25) is 0 Å². The normalized spacial score (nSPS) is 19.1. The van der Waals surface area contributed by atoms with Crippen LogP contribution in [0.3, 0.4) is 0 Å². The van der Waals surface area contributed by atoms with Crippen molar-refractivity contribution in [2.24, 2.45) is 0 Å². The van der Waals surface area contributed by atoms with Gasteiger partial charge in [-0.2, -0.15) is 0 Å². The van der Waals surface area contributed by atoms with Gasteiger partial charge in [0.05, 0.1) is 31.0 Å². The summed E-state index contributed by atoms with van der Waals surface area (Å²) in [6, 6.07) is 8.05. The minimum atomic E-state index is -0.280. The number of rotatable bonds is 4. The van der Waals surface area contributed by atoms with Crippen molar-refractivity contribution in [3.63, 3.8) is 0 Å². The topological polar surface area (TPSA) is 75.0 Å². The highest BCUT2D eigenvalue weighted by Crippen LogP contribution is 2.47. The molecule has 1 atom stereocenters. The van der Waals surface area contributed by atoms with Crippen molar-refractivity contribution in [1.82, 2.24) is 14.4 Å². The quantitative estimate of drug-likeness (QED) is 0.449. The third kappa shape index (κ3) is 4.36. The lowest BCUT2D eigenvalue weighted by atomic mass is 9.91. The third-order valence-corrected chi connectivity index (χ3v) is 9.70. The average Bonchev–Trinajstić information content (AvgIpc) is 3.68. The number of hydrogen-bond acceptors (Lipinski definition) is 5. The highest BCUT2D eigenvalue weighted by molar-refractivity contribution is 7.13. The highest BCUT2D eigenvalue weighted by Gasteiger charge is 2.38. The van der Waals surface area contributed by atoms with Crippen LogP contribution < -0.4 is 4.74 Å². The van der Waals surface area contributed by atoms with Crippen molar-refractivity contribution in [3.05, 3.63) is 52.0 Å². The Bertz CT molecular complexity index is 1450. The van der Waals surface area contributed by atoms with Crippen molar-refractivity contribution < 1.29 is 19.4 Å². The number of hydrogen-bond donors (Lipinski definition) is 1. The molecule has 212 valence electrons. The van der Waals surface area contributed by atoms with E-state index >= 15 is 0 Å². The molecule has 0 unspecified atom stereocenters. The molecule has 2 amide bonds. The van der Waals surface area contributed by atoms with E-state index in [-0.39, 0.29) is 30.0 Å². The Hall–Kier alpha value is -3.10. The molecule has 7 nitrogen and oxygen atoms in total. The van der Waals surface area contributed by atoms with Crippen LogP contribution in [0.5, 0.6) is 5.75 Å². The molecule has 0 bridgehead atoms. The molecule has 0 radical (unpaired) electrons. The van der Waals surface area contributed by atoms with Gasteiger partial charge in [-0.3, -0.25) is 9.59 Å². The van der Waals surface area contributed by atoms with Crippen LogP contribution in [0.25, 0.3) is 21.7 Å². The van der Waals surface area contributed by atoms with E-state index < -0.39 is 0 Å². The second kappa shape index (κ2) is 10.4. The van der Waals surface area contributed by atoms with Crippen LogP contribution in [-0.2, 0) is 19.4 Å². The lowest BCUT2D eigenvalue weighted by Gasteiger charge is -2.37. The van der Waals surface area contributed by atoms with Gasteiger partial charge >= 0.3 is 0 Å². The minimum absolute atomic E-state index is 0.0382. The fourth-order valence-electron chi connectivity index (χ4n) is 6.85. The van der Waals surface area contributed by atoms with E-state index in [1.807, 2.05) is 17.0 Å². The van der Waals surface area contributed by atoms with E-state index in [2.05, 4.69) is 42.9 Å². The number of aryl methyl sites for hydroxylation is 1. The van der Waals surface area contributed by atoms with E-state index in [0.29, 0.717) is 24.4 Å². The number of benzene rings is 1. The smallest absolute Gasteiger partial charge is 0.271 e. The molecule has 3 aliphatic rings. The van der Waals surface area contributed by atoms with Gasteiger partial charge in [0.1, 0.15) is 11.4 Å². The molecular formula is C32H39N3O4S. The summed E-state index contributed by atoms with van der Waals surface area (Å²) in [5.41, 5.74) is 6.48.